The molecule has 31 heavy (non-hydrogen) atoms. The quantitative estimate of drug-likeness (QED) is 0.308. The molecule has 1 aliphatic rings. The van der Waals surface area contributed by atoms with Crippen molar-refractivity contribution in [1.82, 2.24) is 25.4 Å². The van der Waals surface area contributed by atoms with Crippen LogP contribution >= 0.6 is 24.0 Å². The lowest BCUT2D eigenvalue weighted by molar-refractivity contribution is -0.0504. The van der Waals surface area contributed by atoms with E-state index in [1.54, 1.807) is 12.1 Å². The fourth-order valence-corrected chi connectivity index (χ4v) is 3.57. The van der Waals surface area contributed by atoms with Crippen LogP contribution in [0.2, 0.25) is 0 Å². The molecule has 1 saturated carbocycles. The highest BCUT2D eigenvalue weighted by Crippen LogP contribution is 2.23. The summed E-state index contributed by atoms with van der Waals surface area (Å²) >= 11 is 0. The van der Waals surface area contributed by atoms with Crippen LogP contribution in [0.15, 0.2) is 23.2 Å². The summed E-state index contributed by atoms with van der Waals surface area (Å²) in [4.78, 5) is 4.66. The van der Waals surface area contributed by atoms with Gasteiger partial charge >= 0.3 is 6.61 Å². The van der Waals surface area contributed by atoms with Gasteiger partial charge in [0.05, 0.1) is 13.1 Å². The summed E-state index contributed by atoms with van der Waals surface area (Å²) in [6, 6.07) is 5.49. The number of hydrogen-bond donors (Lipinski definition) is 2. The van der Waals surface area contributed by atoms with E-state index >= 15 is 0 Å². The van der Waals surface area contributed by atoms with E-state index in [0.717, 1.165) is 30.1 Å². The third kappa shape index (κ3) is 7.58. The highest BCUT2D eigenvalue weighted by Gasteiger charge is 2.16. The van der Waals surface area contributed by atoms with E-state index < -0.39 is 6.61 Å². The number of aryl methyl sites for hydroxylation is 2. The zero-order valence-electron chi connectivity index (χ0n) is 18.2. The number of alkyl halides is 2. The molecule has 3 rings (SSSR count). The molecule has 0 bridgehead atoms. The molecule has 0 radical (unpaired) electrons. The fraction of sp³-hybridized carbons (Fsp3) is 0.571. The molecule has 7 nitrogen and oxygen atoms in total. The minimum atomic E-state index is -2.87. The number of nitrogens with zero attached hydrogens (tertiary/aromatic N) is 4. The van der Waals surface area contributed by atoms with E-state index in [1.165, 1.54) is 19.3 Å². The van der Waals surface area contributed by atoms with Crippen molar-refractivity contribution < 1.29 is 13.5 Å². The number of aliphatic imine (C=N–C) groups is 1. The SMILES string of the molecule is Cc1ccc(OC(F)F)c(CN=C(NCc2nnc(C)n2C)NC2CCCCC2)c1.I. The first-order valence-electron chi connectivity index (χ1n) is 10.4. The van der Waals surface area contributed by atoms with Crippen LogP contribution in [0.4, 0.5) is 8.78 Å². The lowest BCUT2D eigenvalue weighted by Gasteiger charge is -2.25. The van der Waals surface area contributed by atoms with Gasteiger partial charge in [0, 0.05) is 18.7 Å². The van der Waals surface area contributed by atoms with Gasteiger partial charge in [0.15, 0.2) is 11.8 Å². The Labute approximate surface area is 199 Å². The Hall–Kier alpha value is -1.98. The topological polar surface area (TPSA) is 76.4 Å². The summed E-state index contributed by atoms with van der Waals surface area (Å²) in [5.74, 6) is 2.41. The van der Waals surface area contributed by atoms with Crippen LogP contribution in [0.5, 0.6) is 5.75 Å². The van der Waals surface area contributed by atoms with Crippen molar-refractivity contribution in [3.05, 3.63) is 41.0 Å². The molecule has 0 amide bonds. The Bertz CT molecular complexity index is 868. The van der Waals surface area contributed by atoms with Crippen LogP contribution in [0.1, 0.15) is 54.9 Å². The van der Waals surface area contributed by atoms with Crippen molar-refractivity contribution in [2.24, 2.45) is 12.0 Å². The summed E-state index contributed by atoms with van der Waals surface area (Å²) in [6.07, 6.45) is 5.82. The molecular formula is C21H31F2IN6O. The van der Waals surface area contributed by atoms with Crippen LogP contribution in [0.25, 0.3) is 0 Å². The molecule has 10 heteroatoms. The summed E-state index contributed by atoms with van der Waals surface area (Å²) in [6.45, 7) is 1.63. The Kier molecular flexibility index (Phi) is 9.92. The van der Waals surface area contributed by atoms with Crippen molar-refractivity contribution in [3.63, 3.8) is 0 Å². The Morgan fingerprint density at radius 2 is 1.97 bits per heavy atom. The number of aromatic nitrogens is 3. The Balaban J connectivity index is 0.00000341. The number of hydrogen-bond acceptors (Lipinski definition) is 4. The van der Waals surface area contributed by atoms with Gasteiger partial charge in [-0.2, -0.15) is 8.78 Å². The predicted octanol–water partition coefficient (Wildman–Crippen LogP) is 4.22. The van der Waals surface area contributed by atoms with Crippen LogP contribution < -0.4 is 15.4 Å². The Morgan fingerprint density at radius 3 is 2.61 bits per heavy atom. The molecule has 2 N–H and O–H groups in total. The van der Waals surface area contributed by atoms with Crippen LogP contribution in [0.3, 0.4) is 0 Å². The molecule has 2 aromatic rings. The lowest BCUT2D eigenvalue weighted by Crippen LogP contribution is -2.44. The van der Waals surface area contributed by atoms with E-state index in [-0.39, 0.29) is 36.3 Å². The van der Waals surface area contributed by atoms with Crippen molar-refractivity contribution >= 4 is 29.9 Å². The van der Waals surface area contributed by atoms with Gasteiger partial charge in [-0.3, -0.25) is 0 Å². The molecule has 0 spiro atoms. The zero-order chi connectivity index (χ0) is 21.5. The van der Waals surface area contributed by atoms with Crippen molar-refractivity contribution in [1.29, 1.82) is 0 Å². The van der Waals surface area contributed by atoms with Gasteiger partial charge in [-0.25, -0.2) is 4.99 Å². The summed E-state index contributed by atoms with van der Waals surface area (Å²) in [5.41, 5.74) is 1.58. The molecule has 1 aliphatic carbocycles. The number of halogens is 3. The summed E-state index contributed by atoms with van der Waals surface area (Å²) in [7, 11) is 1.92. The number of benzene rings is 1. The monoisotopic (exact) mass is 548 g/mol. The first-order chi connectivity index (χ1) is 14.4. The standard InChI is InChI=1S/C21H30F2N6O.HI/c1-14-9-10-18(30-20(22)23)16(11-14)12-24-21(26-17-7-5-4-6-8-17)25-13-19-28-27-15(2)29(19)3;/h9-11,17,20H,4-8,12-13H2,1-3H3,(H2,24,25,26);1H. The maximum Gasteiger partial charge on any atom is 0.387 e. The highest BCUT2D eigenvalue weighted by molar-refractivity contribution is 14.0. The normalized spacial score (nSPS) is 15.0. The minimum absolute atomic E-state index is 0. The minimum Gasteiger partial charge on any atom is -0.434 e. The summed E-state index contributed by atoms with van der Waals surface area (Å²) < 4.78 is 32.1. The van der Waals surface area contributed by atoms with Crippen molar-refractivity contribution in [2.45, 2.75) is 71.7 Å². The van der Waals surface area contributed by atoms with E-state index in [2.05, 4.69) is 30.6 Å². The van der Waals surface area contributed by atoms with Gasteiger partial charge < -0.3 is 19.9 Å². The first kappa shape index (κ1) is 25.3. The van der Waals surface area contributed by atoms with Gasteiger partial charge in [-0.05, 0) is 32.8 Å². The molecule has 1 heterocycles. The molecule has 1 aromatic carbocycles. The van der Waals surface area contributed by atoms with Crippen molar-refractivity contribution in [3.8, 4) is 5.75 Å². The number of rotatable bonds is 7. The number of guanidine groups is 1. The molecule has 1 fully saturated rings. The maximum absolute atomic E-state index is 12.8. The zero-order valence-corrected chi connectivity index (χ0v) is 20.5. The highest BCUT2D eigenvalue weighted by atomic mass is 127. The summed E-state index contributed by atoms with van der Waals surface area (Å²) in [5, 5.41) is 15.1. The van der Waals surface area contributed by atoms with Gasteiger partial charge in [0.25, 0.3) is 0 Å². The van der Waals surface area contributed by atoms with Gasteiger partial charge in [0.2, 0.25) is 0 Å². The molecule has 0 aliphatic heterocycles. The average Bonchev–Trinajstić information content (AvgIpc) is 3.04. The molecule has 0 saturated heterocycles. The molecule has 0 atom stereocenters. The second kappa shape index (κ2) is 12.2. The van der Waals surface area contributed by atoms with Crippen molar-refractivity contribution in [2.75, 3.05) is 0 Å². The number of ether oxygens (including phenoxy) is 1. The molecule has 172 valence electrons. The third-order valence-corrected chi connectivity index (χ3v) is 5.38. The second-order valence-corrected chi connectivity index (χ2v) is 7.71. The molecular weight excluding hydrogens is 517 g/mol. The van der Waals surface area contributed by atoms with E-state index in [9.17, 15) is 8.78 Å². The Morgan fingerprint density at radius 1 is 1.23 bits per heavy atom. The fourth-order valence-electron chi connectivity index (χ4n) is 3.57. The van der Waals surface area contributed by atoms with Gasteiger partial charge in [-0.1, -0.05) is 37.0 Å². The number of nitrogens with one attached hydrogen (secondary N) is 2. The molecule has 0 unspecified atom stereocenters. The first-order valence-corrected chi connectivity index (χ1v) is 10.4. The van der Waals surface area contributed by atoms with E-state index in [1.807, 2.05) is 31.5 Å². The molecule has 1 aromatic heterocycles. The van der Waals surface area contributed by atoms with Gasteiger partial charge in [0.1, 0.15) is 11.6 Å². The average molecular weight is 548 g/mol. The predicted molar refractivity (Wildman–Crippen MR) is 127 cm³/mol. The van der Waals surface area contributed by atoms with Crippen LogP contribution in [-0.2, 0) is 20.1 Å². The third-order valence-electron chi connectivity index (χ3n) is 5.38. The van der Waals surface area contributed by atoms with Crippen LogP contribution in [0, 0.1) is 13.8 Å². The smallest absolute Gasteiger partial charge is 0.387 e. The van der Waals surface area contributed by atoms with Crippen LogP contribution in [-0.4, -0.2) is 33.4 Å². The maximum atomic E-state index is 12.8. The van der Waals surface area contributed by atoms with E-state index in [4.69, 9.17) is 0 Å². The van der Waals surface area contributed by atoms with E-state index in [0.29, 0.717) is 24.1 Å². The largest absolute Gasteiger partial charge is 0.434 e. The second-order valence-electron chi connectivity index (χ2n) is 7.71. The van der Waals surface area contributed by atoms with Gasteiger partial charge in [-0.15, -0.1) is 34.2 Å². The lowest BCUT2D eigenvalue weighted by atomic mass is 9.96.